The minimum Gasteiger partial charge on any atom is -0.382 e. The van der Waals surface area contributed by atoms with Gasteiger partial charge in [-0.15, -0.1) is 11.3 Å². The van der Waals surface area contributed by atoms with E-state index >= 15 is 0 Å². The van der Waals surface area contributed by atoms with Crippen molar-refractivity contribution in [3.63, 3.8) is 0 Å². The summed E-state index contributed by atoms with van der Waals surface area (Å²) in [5.41, 5.74) is 5.82. The number of nitrogens with one attached hydrogen (secondary N) is 2. The Bertz CT molecular complexity index is 623. The van der Waals surface area contributed by atoms with Crippen LogP contribution in [0.25, 0.3) is 0 Å². The number of nitrogens with two attached hydrogens (primary N) is 1. The van der Waals surface area contributed by atoms with Gasteiger partial charge in [0.2, 0.25) is 0 Å². The molecule has 0 aromatic carbocycles. The number of thiophene rings is 1. The molecule has 2 heterocycles. The number of carbonyl (C=O) groups is 1. The molecular weight excluding hydrogens is 372 g/mol. The molecule has 0 aliphatic rings. The monoisotopic (exact) mass is 388 g/mol. The van der Waals surface area contributed by atoms with Gasteiger partial charge < -0.3 is 16.4 Å². The second kappa shape index (κ2) is 7.24. The molecular formula is C13H17BrN4OS2. The number of rotatable bonds is 6. The number of hydrogen-bond donors (Lipinski definition) is 3. The quantitative estimate of drug-likeness (QED) is 0.706. The highest BCUT2D eigenvalue weighted by atomic mass is 79.9. The molecule has 0 aliphatic carbocycles. The Hall–Kier alpha value is -1.12. The van der Waals surface area contributed by atoms with Crippen molar-refractivity contribution in [3.8, 4) is 0 Å². The van der Waals surface area contributed by atoms with Crippen molar-refractivity contribution in [2.24, 2.45) is 5.92 Å². The van der Waals surface area contributed by atoms with E-state index in [0.717, 1.165) is 15.9 Å². The number of anilines is 2. The van der Waals surface area contributed by atoms with Crippen molar-refractivity contribution in [1.29, 1.82) is 0 Å². The summed E-state index contributed by atoms with van der Waals surface area (Å²) < 4.78 is 1.02. The summed E-state index contributed by atoms with van der Waals surface area (Å²) in [6.07, 6.45) is 0. The minimum absolute atomic E-state index is 0.188. The van der Waals surface area contributed by atoms with Crippen LogP contribution in [0, 0.1) is 5.92 Å². The van der Waals surface area contributed by atoms with Crippen molar-refractivity contribution in [1.82, 2.24) is 10.3 Å². The molecule has 0 saturated carbocycles. The molecule has 4 N–H and O–H groups in total. The highest BCUT2D eigenvalue weighted by Crippen LogP contribution is 2.25. The lowest BCUT2D eigenvalue weighted by atomic mass is 10.2. The predicted octanol–water partition coefficient (Wildman–Crippen LogP) is 3.55. The molecule has 114 valence electrons. The van der Waals surface area contributed by atoms with E-state index in [1.165, 1.54) is 11.3 Å². The number of aromatic nitrogens is 1. The van der Waals surface area contributed by atoms with Crippen LogP contribution >= 0.6 is 38.6 Å². The average molecular weight is 389 g/mol. The number of thiazole rings is 1. The molecule has 21 heavy (non-hydrogen) atoms. The zero-order chi connectivity index (χ0) is 15.4. The first-order chi connectivity index (χ1) is 9.95. The summed E-state index contributed by atoms with van der Waals surface area (Å²) in [7, 11) is 0. The van der Waals surface area contributed by atoms with E-state index in [1.807, 2.05) is 11.4 Å². The van der Waals surface area contributed by atoms with Crippen LogP contribution in [0.3, 0.4) is 0 Å². The molecule has 2 aromatic heterocycles. The maximum Gasteiger partial charge on any atom is 0.265 e. The van der Waals surface area contributed by atoms with Gasteiger partial charge in [-0.25, -0.2) is 4.98 Å². The van der Waals surface area contributed by atoms with Gasteiger partial charge >= 0.3 is 0 Å². The molecule has 0 saturated heterocycles. The fraction of sp³-hybridized carbons (Fsp3) is 0.385. The summed E-state index contributed by atoms with van der Waals surface area (Å²) in [5, 5.41) is 8.71. The zero-order valence-corrected chi connectivity index (χ0v) is 15.0. The van der Waals surface area contributed by atoms with E-state index in [1.54, 1.807) is 11.3 Å². The third-order valence-corrected chi connectivity index (χ3v) is 5.29. The maximum absolute atomic E-state index is 12.1. The first-order valence-electron chi connectivity index (χ1n) is 6.47. The van der Waals surface area contributed by atoms with Crippen LogP contribution in [0.15, 0.2) is 15.9 Å². The van der Waals surface area contributed by atoms with Gasteiger partial charge in [0.05, 0.1) is 6.54 Å². The van der Waals surface area contributed by atoms with Crippen LogP contribution in [0.2, 0.25) is 0 Å². The van der Waals surface area contributed by atoms with Crippen LogP contribution in [0.1, 0.15) is 28.4 Å². The Morgan fingerprint density at radius 3 is 2.90 bits per heavy atom. The Morgan fingerprint density at radius 2 is 2.29 bits per heavy atom. The third kappa shape index (κ3) is 4.69. The van der Waals surface area contributed by atoms with E-state index in [2.05, 4.69) is 45.4 Å². The zero-order valence-electron chi connectivity index (χ0n) is 11.8. The van der Waals surface area contributed by atoms with E-state index in [-0.39, 0.29) is 11.7 Å². The maximum atomic E-state index is 12.1. The Morgan fingerprint density at radius 1 is 1.52 bits per heavy atom. The molecule has 5 nitrogen and oxygen atoms in total. The molecule has 0 atom stereocenters. The lowest BCUT2D eigenvalue weighted by Crippen LogP contribution is -2.22. The smallest absolute Gasteiger partial charge is 0.265 e. The van der Waals surface area contributed by atoms with Gasteiger partial charge in [0.1, 0.15) is 10.7 Å². The van der Waals surface area contributed by atoms with Gasteiger partial charge in [-0.05, 0) is 27.9 Å². The molecule has 0 unspecified atom stereocenters. The number of nitrogens with zero attached hydrogens (tertiary/aromatic N) is 1. The lowest BCUT2D eigenvalue weighted by Gasteiger charge is -2.04. The molecule has 1 amide bonds. The van der Waals surface area contributed by atoms with Crippen molar-refractivity contribution in [2.75, 3.05) is 17.6 Å². The van der Waals surface area contributed by atoms with Crippen LogP contribution in [0.5, 0.6) is 0 Å². The van der Waals surface area contributed by atoms with Crippen molar-refractivity contribution < 1.29 is 4.79 Å². The van der Waals surface area contributed by atoms with Crippen LogP contribution in [-0.2, 0) is 6.54 Å². The van der Waals surface area contributed by atoms with Crippen molar-refractivity contribution >= 4 is 55.5 Å². The number of halogens is 1. The van der Waals surface area contributed by atoms with Gasteiger partial charge in [-0.1, -0.05) is 25.2 Å². The minimum atomic E-state index is -0.188. The number of hydrogen-bond acceptors (Lipinski definition) is 6. The van der Waals surface area contributed by atoms with Crippen molar-refractivity contribution in [2.45, 2.75) is 20.4 Å². The topological polar surface area (TPSA) is 80.0 Å². The van der Waals surface area contributed by atoms with Gasteiger partial charge in [0.15, 0.2) is 5.13 Å². The fourth-order valence-corrected chi connectivity index (χ4v) is 3.75. The van der Waals surface area contributed by atoms with Gasteiger partial charge in [0.25, 0.3) is 5.91 Å². The molecule has 8 heteroatoms. The van der Waals surface area contributed by atoms with E-state index in [4.69, 9.17) is 5.73 Å². The van der Waals surface area contributed by atoms with Gasteiger partial charge in [-0.2, -0.15) is 0 Å². The summed E-state index contributed by atoms with van der Waals surface area (Å²) in [5.74, 6) is 0.591. The predicted molar refractivity (Wildman–Crippen MR) is 93.0 cm³/mol. The number of nitrogen functional groups attached to an aromatic ring is 1. The molecule has 0 fully saturated rings. The van der Waals surface area contributed by atoms with Crippen molar-refractivity contribution in [3.05, 3.63) is 25.7 Å². The van der Waals surface area contributed by atoms with Gasteiger partial charge in [0, 0.05) is 21.3 Å². The summed E-state index contributed by atoms with van der Waals surface area (Å²) in [6.45, 7) is 5.51. The Labute approximate surface area is 140 Å². The standard InChI is InChI=1S/C13H17BrN4OS2/c1-7(2)4-17-13-18-11(15)10(21-13)12(19)16-5-9-3-8(14)6-20-9/h3,6-7H,4-5,15H2,1-2H3,(H,16,19)(H,17,18). The SMILES string of the molecule is CC(C)CNc1nc(N)c(C(=O)NCc2cc(Br)cs2)s1. The van der Waals surface area contributed by atoms with Crippen LogP contribution in [-0.4, -0.2) is 17.4 Å². The highest BCUT2D eigenvalue weighted by molar-refractivity contribution is 9.10. The third-order valence-electron chi connectivity index (χ3n) is 2.57. The molecule has 2 rings (SSSR count). The van der Waals surface area contributed by atoms with E-state index in [9.17, 15) is 4.79 Å². The average Bonchev–Trinajstić information content (AvgIpc) is 3.00. The lowest BCUT2D eigenvalue weighted by molar-refractivity contribution is 0.0956. The first kappa shape index (κ1) is 16.3. The highest BCUT2D eigenvalue weighted by Gasteiger charge is 2.16. The first-order valence-corrected chi connectivity index (χ1v) is 8.96. The fourth-order valence-electron chi connectivity index (χ4n) is 1.56. The summed E-state index contributed by atoms with van der Waals surface area (Å²) in [6, 6.07) is 1.98. The van der Waals surface area contributed by atoms with Gasteiger partial charge in [-0.3, -0.25) is 4.79 Å². The van der Waals surface area contributed by atoms with Crippen LogP contribution in [0.4, 0.5) is 10.9 Å². The second-order valence-corrected chi connectivity index (χ2v) is 7.83. The Balaban J connectivity index is 1.95. The molecule has 2 aromatic rings. The second-order valence-electron chi connectivity index (χ2n) is 4.92. The summed E-state index contributed by atoms with van der Waals surface area (Å²) >= 11 is 6.26. The Kier molecular flexibility index (Phi) is 5.60. The molecule has 0 aliphatic heterocycles. The van der Waals surface area contributed by atoms with Crippen LogP contribution < -0.4 is 16.4 Å². The molecule has 0 spiro atoms. The molecule has 0 radical (unpaired) electrons. The van der Waals surface area contributed by atoms with E-state index < -0.39 is 0 Å². The van der Waals surface area contributed by atoms with E-state index in [0.29, 0.717) is 22.5 Å². The summed E-state index contributed by atoms with van der Waals surface area (Å²) in [4.78, 5) is 17.9. The normalized spacial score (nSPS) is 10.9. The largest absolute Gasteiger partial charge is 0.382 e. The number of carbonyl (C=O) groups excluding carboxylic acids is 1. The number of amides is 1. The molecule has 0 bridgehead atoms.